The van der Waals surface area contributed by atoms with Crippen molar-refractivity contribution in [2.24, 2.45) is 0 Å². The minimum atomic E-state index is -0.174. The van der Waals surface area contributed by atoms with E-state index in [1.54, 1.807) is 6.20 Å². The molecule has 1 aromatic heterocycles. The van der Waals surface area contributed by atoms with Crippen LogP contribution in [0.1, 0.15) is 49.7 Å². The molecule has 2 heterocycles. The quantitative estimate of drug-likeness (QED) is 0.894. The number of nitrogens with zero attached hydrogens (tertiary/aromatic N) is 1. The van der Waals surface area contributed by atoms with Gasteiger partial charge in [0.1, 0.15) is 0 Å². The predicted molar refractivity (Wildman–Crippen MR) is 83.7 cm³/mol. The molecule has 5 nitrogen and oxygen atoms in total. The Hall–Kier alpha value is -1.62. The molecule has 1 saturated heterocycles. The fourth-order valence-corrected chi connectivity index (χ4v) is 2.70. The van der Waals surface area contributed by atoms with Crippen molar-refractivity contribution >= 4 is 11.6 Å². The summed E-state index contributed by atoms with van der Waals surface area (Å²) in [7, 11) is 0. The minimum absolute atomic E-state index is 0.0684. The molecule has 1 aromatic rings. The van der Waals surface area contributed by atoms with Gasteiger partial charge in [0.15, 0.2) is 0 Å². The number of nitrogens with one attached hydrogen (secondary N) is 2. The van der Waals surface area contributed by atoms with E-state index in [4.69, 9.17) is 4.74 Å². The number of carbonyl (C=O) groups is 1. The van der Waals surface area contributed by atoms with Crippen molar-refractivity contribution in [2.45, 2.75) is 52.2 Å². The molecule has 1 fully saturated rings. The summed E-state index contributed by atoms with van der Waals surface area (Å²) < 4.78 is 5.68. The summed E-state index contributed by atoms with van der Waals surface area (Å²) in [6.45, 7) is 9.51. The molecule has 0 radical (unpaired) electrons. The number of amides is 1. The average Bonchev–Trinajstić information content (AvgIpc) is 2.37. The second-order valence-corrected chi connectivity index (χ2v) is 6.17. The number of carbonyl (C=O) groups excluding carboxylic acids is 1. The van der Waals surface area contributed by atoms with Crippen LogP contribution in [-0.2, 0) is 4.74 Å². The highest BCUT2D eigenvalue weighted by Crippen LogP contribution is 2.24. The SMILES string of the molecule is CCNc1cc(C)ncc1C(=O)NC1CCOC(C)(C)C1. The summed E-state index contributed by atoms with van der Waals surface area (Å²) >= 11 is 0. The summed E-state index contributed by atoms with van der Waals surface area (Å²) in [5.41, 5.74) is 2.17. The molecule has 0 saturated carbocycles. The Balaban J connectivity index is 2.09. The van der Waals surface area contributed by atoms with E-state index in [-0.39, 0.29) is 17.6 Å². The van der Waals surface area contributed by atoms with E-state index >= 15 is 0 Å². The average molecular weight is 291 g/mol. The Bertz CT molecular complexity index is 514. The number of rotatable bonds is 4. The van der Waals surface area contributed by atoms with E-state index < -0.39 is 0 Å². The molecule has 5 heteroatoms. The zero-order chi connectivity index (χ0) is 15.5. The first kappa shape index (κ1) is 15.8. The molecule has 21 heavy (non-hydrogen) atoms. The first-order valence-electron chi connectivity index (χ1n) is 7.56. The third kappa shape index (κ3) is 4.17. The van der Waals surface area contributed by atoms with Crippen molar-refractivity contribution in [2.75, 3.05) is 18.5 Å². The number of hydrogen-bond donors (Lipinski definition) is 2. The van der Waals surface area contributed by atoms with Crippen LogP contribution in [0.5, 0.6) is 0 Å². The number of hydrogen-bond acceptors (Lipinski definition) is 4. The first-order chi connectivity index (χ1) is 9.91. The van der Waals surface area contributed by atoms with Crippen LogP contribution < -0.4 is 10.6 Å². The molecule has 0 spiro atoms. The van der Waals surface area contributed by atoms with E-state index in [0.717, 1.165) is 30.8 Å². The zero-order valence-electron chi connectivity index (χ0n) is 13.3. The van der Waals surface area contributed by atoms with Gasteiger partial charge >= 0.3 is 0 Å². The molecule has 1 amide bonds. The van der Waals surface area contributed by atoms with Gasteiger partial charge < -0.3 is 15.4 Å². The van der Waals surface area contributed by atoms with Crippen LogP contribution in [0, 0.1) is 6.92 Å². The van der Waals surface area contributed by atoms with Gasteiger partial charge in [-0.05, 0) is 46.6 Å². The Morgan fingerprint density at radius 1 is 1.52 bits per heavy atom. The molecule has 2 rings (SSSR count). The highest BCUT2D eigenvalue weighted by Gasteiger charge is 2.30. The van der Waals surface area contributed by atoms with Crippen molar-refractivity contribution in [1.29, 1.82) is 0 Å². The maximum Gasteiger partial charge on any atom is 0.255 e. The number of aromatic nitrogens is 1. The maximum atomic E-state index is 12.5. The lowest BCUT2D eigenvalue weighted by atomic mass is 9.94. The van der Waals surface area contributed by atoms with Crippen molar-refractivity contribution in [3.8, 4) is 0 Å². The van der Waals surface area contributed by atoms with E-state index in [9.17, 15) is 4.79 Å². The summed E-state index contributed by atoms with van der Waals surface area (Å²) in [5, 5.41) is 6.34. The molecule has 0 aliphatic carbocycles. The van der Waals surface area contributed by atoms with Crippen LogP contribution in [0.15, 0.2) is 12.3 Å². The maximum absolute atomic E-state index is 12.5. The summed E-state index contributed by atoms with van der Waals surface area (Å²) in [6.07, 6.45) is 3.33. The van der Waals surface area contributed by atoms with Crippen LogP contribution in [0.2, 0.25) is 0 Å². The molecule has 116 valence electrons. The predicted octanol–water partition coefficient (Wildman–Crippen LogP) is 2.51. The lowest BCUT2D eigenvalue weighted by Gasteiger charge is -2.35. The van der Waals surface area contributed by atoms with Gasteiger partial charge in [-0.25, -0.2) is 0 Å². The second kappa shape index (κ2) is 6.43. The zero-order valence-corrected chi connectivity index (χ0v) is 13.3. The largest absolute Gasteiger partial charge is 0.385 e. The van der Waals surface area contributed by atoms with Crippen molar-refractivity contribution in [1.82, 2.24) is 10.3 Å². The van der Waals surface area contributed by atoms with Crippen LogP contribution in [0.3, 0.4) is 0 Å². The van der Waals surface area contributed by atoms with Crippen LogP contribution in [0.4, 0.5) is 5.69 Å². The van der Waals surface area contributed by atoms with Crippen LogP contribution in [0.25, 0.3) is 0 Å². The summed E-state index contributed by atoms with van der Waals surface area (Å²) in [4.78, 5) is 16.7. The Morgan fingerprint density at radius 3 is 2.95 bits per heavy atom. The molecular formula is C16H25N3O2. The Kier molecular flexibility index (Phi) is 4.83. The van der Waals surface area contributed by atoms with Gasteiger partial charge in [-0.1, -0.05) is 0 Å². The van der Waals surface area contributed by atoms with Gasteiger partial charge in [-0.3, -0.25) is 9.78 Å². The highest BCUT2D eigenvalue weighted by molar-refractivity contribution is 5.99. The molecule has 1 atom stereocenters. The topological polar surface area (TPSA) is 63.2 Å². The van der Waals surface area contributed by atoms with E-state index in [2.05, 4.69) is 29.5 Å². The molecule has 1 aliphatic heterocycles. The number of anilines is 1. The van der Waals surface area contributed by atoms with Crippen molar-refractivity contribution in [3.63, 3.8) is 0 Å². The lowest BCUT2D eigenvalue weighted by Crippen LogP contribution is -2.45. The fourth-order valence-electron chi connectivity index (χ4n) is 2.70. The Morgan fingerprint density at radius 2 is 2.29 bits per heavy atom. The van der Waals surface area contributed by atoms with Gasteiger partial charge in [0, 0.05) is 31.1 Å². The van der Waals surface area contributed by atoms with E-state index in [1.165, 1.54) is 0 Å². The van der Waals surface area contributed by atoms with E-state index in [1.807, 2.05) is 19.9 Å². The summed E-state index contributed by atoms with van der Waals surface area (Å²) in [5.74, 6) is -0.0684. The molecule has 1 unspecified atom stereocenters. The first-order valence-corrected chi connectivity index (χ1v) is 7.56. The molecular weight excluding hydrogens is 266 g/mol. The molecule has 1 aliphatic rings. The number of aryl methyl sites for hydroxylation is 1. The normalized spacial score (nSPS) is 20.9. The lowest BCUT2D eigenvalue weighted by molar-refractivity contribution is -0.0615. The smallest absolute Gasteiger partial charge is 0.255 e. The second-order valence-electron chi connectivity index (χ2n) is 6.17. The fraction of sp³-hybridized carbons (Fsp3) is 0.625. The van der Waals surface area contributed by atoms with Gasteiger partial charge in [-0.2, -0.15) is 0 Å². The standard InChI is InChI=1S/C16H25N3O2/c1-5-17-14-8-11(2)18-10-13(14)15(20)19-12-6-7-21-16(3,4)9-12/h8,10,12H,5-7,9H2,1-4H3,(H,17,18)(H,19,20). The number of pyridine rings is 1. The number of ether oxygens (including phenoxy) is 1. The monoisotopic (exact) mass is 291 g/mol. The third-order valence-electron chi connectivity index (χ3n) is 3.68. The van der Waals surface area contributed by atoms with Crippen molar-refractivity contribution < 1.29 is 9.53 Å². The third-order valence-corrected chi connectivity index (χ3v) is 3.68. The van der Waals surface area contributed by atoms with E-state index in [0.29, 0.717) is 12.2 Å². The molecule has 0 aromatic carbocycles. The molecule has 0 bridgehead atoms. The van der Waals surface area contributed by atoms with Crippen molar-refractivity contribution in [3.05, 3.63) is 23.5 Å². The summed E-state index contributed by atoms with van der Waals surface area (Å²) in [6, 6.07) is 2.06. The Labute approximate surface area is 126 Å². The minimum Gasteiger partial charge on any atom is -0.385 e. The van der Waals surface area contributed by atoms with Gasteiger partial charge in [0.25, 0.3) is 5.91 Å². The van der Waals surface area contributed by atoms with Gasteiger partial charge in [0.05, 0.1) is 16.9 Å². The van der Waals surface area contributed by atoms with Crippen LogP contribution >= 0.6 is 0 Å². The highest BCUT2D eigenvalue weighted by atomic mass is 16.5. The van der Waals surface area contributed by atoms with Crippen LogP contribution in [-0.4, -0.2) is 35.7 Å². The van der Waals surface area contributed by atoms with Gasteiger partial charge in [-0.15, -0.1) is 0 Å². The molecule has 2 N–H and O–H groups in total. The van der Waals surface area contributed by atoms with Gasteiger partial charge in [0.2, 0.25) is 0 Å².